The molecule has 0 heterocycles. The lowest BCUT2D eigenvalue weighted by molar-refractivity contribution is -0.121. The minimum absolute atomic E-state index is 0.470. The summed E-state index contributed by atoms with van der Waals surface area (Å²) in [6.07, 6.45) is 9.62. The Morgan fingerprint density at radius 2 is 2.08 bits per heavy atom. The highest BCUT2D eigenvalue weighted by molar-refractivity contribution is 5.86. The summed E-state index contributed by atoms with van der Waals surface area (Å²) < 4.78 is 0. The highest BCUT2D eigenvalue weighted by Crippen LogP contribution is 2.58. The van der Waals surface area contributed by atoms with Gasteiger partial charge in [0.05, 0.1) is 0 Å². The van der Waals surface area contributed by atoms with E-state index in [-0.39, 0.29) is 0 Å². The fourth-order valence-electron chi connectivity index (χ4n) is 3.35. The first kappa shape index (κ1) is 7.78. The van der Waals surface area contributed by atoms with Crippen molar-refractivity contribution in [3.05, 3.63) is 11.6 Å². The van der Waals surface area contributed by atoms with E-state index in [1.54, 1.807) is 5.57 Å². The van der Waals surface area contributed by atoms with Crippen molar-refractivity contribution < 1.29 is 4.79 Å². The molecule has 2 saturated carbocycles. The first-order valence-corrected chi connectivity index (χ1v) is 5.59. The molecular weight excluding hydrogens is 160 g/mol. The molecule has 0 spiro atoms. The third-order valence-electron chi connectivity index (χ3n) is 4.01. The molecule has 0 radical (unpaired) electrons. The SMILES string of the molecule is O=C1CCC[C@H]2C(C3=CCCC3)[C@@H]12. The first-order chi connectivity index (χ1) is 6.38. The number of carbonyl (C=O) groups is 1. The maximum atomic E-state index is 11.6. The van der Waals surface area contributed by atoms with E-state index >= 15 is 0 Å². The van der Waals surface area contributed by atoms with Crippen molar-refractivity contribution in [2.45, 2.75) is 38.5 Å². The molecule has 3 aliphatic carbocycles. The molecule has 0 aliphatic heterocycles. The lowest BCUT2D eigenvalue weighted by Gasteiger charge is -2.04. The molecule has 0 aromatic rings. The predicted octanol–water partition coefficient (Wildman–Crippen LogP) is 2.71. The zero-order valence-electron chi connectivity index (χ0n) is 7.96. The van der Waals surface area contributed by atoms with Crippen molar-refractivity contribution >= 4 is 5.78 Å². The second kappa shape index (κ2) is 2.70. The molecule has 70 valence electrons. The van der Waals surface area contributed by atoms with Crippen LogP contribution in [0.25, 0.3) is 0 Å². The van der Waals surface area contributed by atoms with E-state index in [1.165, 1.54) is 25.7 Å². The van der Waals surface area contributed by atoms with E-state index in [4.69, 9.17) is 0 Å². The highest BCUT2D eigenvalue weighted by Gasteiger charge is 2.56. The Kier molecular flexibility index (Phi) is 1.61. The predicted molar refractivity (Wildman–Crippen MR) is 51.3 cm³/mol. The van der Waals surface area contributed by atoms with E-state index in [0.717, 1.165) is 18.8 Å². The average molecular weight is 176 g/mol. The summed E-state index contributed by atoms with van der Waals surface area (Å²) >= 11 is 0. The normalized spacial score (nSPS) is 42.9. The average Bonchev–Trinajstić information content (AvgIpc) is 2.65. The van der Waals surface area contributed by atoms with Gasteiger partial charge in [-0.15, -0.1) is 0 Å². The summed E-state index contributed by atoms with van der Waals surface area (Å²) in [6, 6.07) is 0. The fourth-order valence-corrected chi connectivity index (χ4v) is 3.35. The molecule has 0 amide bonds. The molecule has 0 saturated heterocycles. The van der Waals surface area contributed by atoms with Crippen molar-refractivity contribution in [3.8, 4) is 0 Å². The number of Topliss-reactive ketones (excluding diaryl/α,β-unsaturated/α-hetero) is 1. The molecule has 3 aliphatic rings. The Morgan fingerprint density at radius 1 is 1.15 bits per heavy atom. The number of hydrogen-bond acceptors (Lipinski definition) is 1. The zero-order valence-corrected chi connectivity index (χ0v) is 7.96. The van der Waals surface area contributed by atoms with E-state index in [1.807, 2.05) is 0 Å². The molecule has 2 fully saturated rings. The Bertz CT molecular complexity index is 277. The van der Waals surface area contributed by atoms with E-state index in [2.05, 4.69) is 6.08 Å². The maximum absolute atomic E-state index is 11.6. The molecule has 13 heavy (non-hydrogen) atoms. The van der Waals surface area contributed by atoms with Gasteiger partial charge in [0.25, 0.3) is 0 Å². The van der Waals surface area contributed by atoms with Gasteiger partial charge in [-0.25, -0.2) is 0 Å². The van der Waals surface area contributed by atoms with Gasteiger partial charge in [-0.2, -0.15) is 0 Å². The van der Waals surface area contributed by atoms with Crippen LogP contribution in [0.1, 0.15) is 38.5 Å². The number of ketones is 1. The van der Waals surface area contributed by atoms with Crippen molar-refractivity contribution in [1.29, 1.82) is 0 Å². The van der Waals surface area contributed by atoms with Crippen LogP contribution >= 0.6 is 0 Å². The third-order valence-corrected chi connectivity index (χ3v) is 4.01. The summed E-state index contributed by atoms with van der Waals surface area (Å²) in [5.74, 6) is 2.51. The molecule has 0 N–H and O–H groups in total. The number of fused-ring (bicyclic) bond motifs is 1. The Hall–Kier alpha value is -0.590. The molecule has 0 aromatic carbocycles. The smallest absolute Gasteiger partial charge is 0.136 e. The van der Waals surface area contributed by atoms with E-state index in [0.29, 0.717) is 17.6 Å². The van der Waals surface area contributed by atoms with Crippen molar-refractivity contribution in [2.24, 2.45) is 17.8 Å². The molecule has 1 unspecified atom stereocenters. The van der Waals surface area contributed by atoms with Gasteiger partial charge in [-0.3, -0.25) is 4.79 Å². The monoisotopic (exact) mass is 176 g/mol. The minimum Gasteiger partial charge on any atom is -0.299 e. The first-order valence-electron chi connectivity index (χ1n) is 5.59. The van der Waals surface area contributed by atoms with Gasteiger partial charge in [0.2, 0.25) is 0 Å². The minimum atomic E-state index is 0.470. The largest absolute Gasteiger partial charge is 0.299 e. The fraction of sp³-hybridized carbons (Fsp3) is 0.750. The van der Waals surface area contributed by atoms with Crippen LogP contribution in [0.15, 0.2) is 11.6 Å². The Morgan fingerprint density at radius 3 is 2.77 bits per heavy atom. The summed E-state index contributed by atoms with van der Waals surface area (Å²) in [6.45, 7) is 0. The van der Waals surface area contributed by atoms with Gasteiger partial charge >= 0.3 is 0 Å². The van der Waals surface area contributed by atoms with Crippen LogP contribution < -0.4 is 0 Å². The molecule has 1 heteroatoms. The van der Waals surface area contributed by atoms with Crippen LogP contribution in [-0.4, -0.2) is 5.78 Å². The Labute approximate surface area is 79.2 Å². The molecule has 1 nitrogen and oxygen atoms in total. The number of rotatable bonds is 1. The summed E-state index contributed by atoms with van der Waals surface area (Å²) in [4.78, 5) is 11.6. The van der Waals surface area contributed by atoms with Crippen molar-refractivity contribution in [3.63, 3.8) is 0 Å². The molecule has 3 rings (SSSR count). The lowest BCUT2D eigenvalue weighted by Crippen LogP contribution is -2.07. The molecule has 0 aromatic heterocycles. The summed E-state index contributed by atoms with van der Waals surface area (Å²) in [7, 11) is 0. The van der Waals surface area contributed by atoms with Crippen LogP contribution in [0.5, 0.6) is 0 Å². The quantitative estimate of drug-likeness (QED) is 0.561. The van der Waals surface area contributed by atoms with Gasteiger partial charge < -0.3 is 0 Å². The third kappa shape index (κ3) is 1.09. The van der Waals surface area contributed by atoms with E-state index < -0.39 is 0 Å². The number of hydrogen-bond donors (Lipinski definition) is 0. The van der Waals surface area contributed by atoms with Crippen LogP contribution in [0.3, 0.4) is 0 Å². The number of carbonyl (C=O) groups excluding carboxylic acids is 1. The van der Waals surface area contributed by atoms with Crippen molar-refractivity contribution in [1.82, 2.24) is 0 Å². The molecule has 3 atom stereocenters. The molecule has 0 bridgehead atoms. The van der Waals surface area contributed by atoms with Crippen molar-refractivity contribution in [2.75, 3.05) is 0 Å². The number of allylic oxidation sites excluding steroid dienone is 2. The van der Waals surface area contributed by atoms with Gasteiger partial charge in [-0.05, 0) is 43.9 Å². The topological polar surface area (TPSA) is 17.1 Å². The highest BCUT2D eigenvalue weighted by atomic mass is 16.1. The van der Waals surface area contributed by atoms with Crippen LogP contribution in [0.2, 0.25) is 0 Å². The van der Waals surface area contributed by atoms with Crippen LogP contribution in [-0.2, 0) is 4.79 Å². The zero-order chi connectivity index (χ0) is 8.84. The molecular formula is C12H16O. The standard InChI is InChI=1S/C12H16O/c13-10-7-3-6-9-11(12(9)10)8-4-1-2-5-8/h4,9,11-12H,1-3,5-7H2/t9-,11?,12+/m0/s1. The van der Waals surface area contributed by atoms with Crippen LogP contribution in [0.4, 0.5) is 0 Å². The van der Waals surface area contributed by atoms with Gasteiger partial charge in [0.1, 0.15) is 5.78 Å². The van der Waals surface area contributed by atoms with Gasteiger partial charge in [-0.1, -0.05) is 11.6 Å². The maximum Gasteiger partial charge on any atom is 0.136 e. The second-order valence-electron chi connectivity index (χ2n) is 4.75. The van der Waals surface area contributed by atoms with Gasteiger partial charge in [0, 0.05) is 12.3 Å². The summed E-state index contributed by atoms with van der Waals surface area (Å²) in [5, 5.41) is 0. The van der Waals surface area contributed by atoms with Gasteiger partial charge in [0.15, 0.2) is 0 Å². The lowest BCUT2D eigenvalue weighted by atomic mass is 10.00. The Balaban J connectivity index is 1.78. The second-order valence-corrected chi connectivity index (χ2v) is 4.75. The van der Waals surface area contributed by atoms with Crippen LogP contribution in [0, 0.1) is 17.8 Å². The van der Waals surface area contributed by atoms with E-state index in [9.17, 15) is 4.79 Å². The summed E-state index contributed by atoms with van der Waals surface area (Å²) in [5.41, 5.74) is 1.63.